The standard InChI is InChI=1S/C21H28N4O2/c1-14(12-25-11-10-17-6-4-5-7-18(17)13-25)22-20(26)9-8-19-15(2)23-21(27)24-16(19)3/h4-7,14H,8-13H2,1-3H3,(H,22,26)(H,23,24,27). The van der Waals surface area contributed by atoms with Crippen LogP contribution in [-0.4, -0.2) is 39.9 Å². The van der Waals surface area contributed by atoms with Gasteiger partial charge in [0.15, 0.2) is 0 Å². The molecule has 1 amide bonds. The molecule has 144 valence electrons. The maximum Gasteiger partial charge on any atom is 0.345 e. The number of hydrogen-bond donors (Lipinski definition) is 2. The fourth-order valence-electron chi connectivity index (χ4n) is 3.85. The van der Waals surface area contributed by atoms with Crippen molar-refractivity contribution in [3.05, 3.63) is 62.8 Å². The summed E-state index contributed by atoms with van der Waals surface area (Å²) in [4.78, 5) is 32.7. The first-order valence-electron chi connectivity index (χ1n) is 9.57. The molecule has 1 aromatic carbocycles. The van der Waals surface area contributed by atoms with Gasteiger partial charge < -0.3 is 10.3 Å². The van der Waals surface area contributed by atoms with Crippen molar-refractivity contribution >= 4 is 5.91 Å². The smallest absolute Gasteiger partial charge is 0.345 e. The normalized spacial score (nSPS) is 15.2. The molecule has 2 heterocycles. The predicted octanol–water partition coefficient (Wildman–Crippen LogP) is 1.88. The number of nitrogens with one attached hydrogen (secondary N) is 2. The number of aryl methyl sites for hydroxylation is 2. The number of rotatable bonds is 6. The zero-order chi connectivity index (χ0) is 19.4. The largest absolute Gasteiger partial charge is 0.352 e. The highest BCUT2D eigenvalue weighted by molar-refractivity contribution is 5.76. The van der Waals surface area contributed by atoms with E-state index in [1.165, 1.54) is 11.1 Å². The van der Waals surface area contributed by atoms with Crippen molar-refractivity contribution in [1.29, 1.82) is 0 Å². The van der Waals surface area contributed by atoms with Crippen molar-refractivity contribution in [2.24, 2.45) is 0 Å². The van der Waals surface area contributed by atoms with Crippen molar-refractivity contribution in [1.82, 2.24) is 20.2 Å². The first kappa shape index (κ1) is 19.3. The molecule has 2 aromatic rings. The number of fused-ring (bicyclic) bond motifs is 1. The second kappa shape index (κ2) is 8.48. The molecule has 0 saturated heterocycles. The number of aromatic amines is 1. The fraction of sp³-hybridized carbons (Fsp3) is 0.476. The van der Waals surface area contributed by atoms with E-state index in [0.717, 1.165) is 37.3 Å². The molecule has 0 bridgehead atoms. The van der Waals surface area contributed by atoms with Crippen LogP contribution in [0.5, 0.6) is 0 Å². The number of aromatic nitrogens is 2. The van der Waals surface area contributed by atoms with Crippen molar-refractivity contribution in [2.45, 2.75) is 52.6 Å². The molecule has 1 aromatic heterocycles. The Labute approximate surface area is 160 Å². The van der Waals surface area contributed by atoms with Crippen molar-refractivity contribution in [3.63, 3.8) is 0 Å². The molecular weight excluding hydrogens is 340 g/mol. The highest BCUT2D eigenvalue weighted by Crippen LogP contribution is 2.18. The Bertz CT molecular complexity index is 848. The van der Waals surface area contributed by atoms with E-state index in [2.05, 4.69) is 51.4 Å². The number of amides is 1. The van der Waals surface area contributed by atoms with Crippen molar-refractivity contribution in [3.8, 4) is 0 Å². The van der Waals surface area contributed by atoms with Gasteiger partial charge in [0.25, 0.3) is 0 Å². The first-order valence-corrected chi connectivity index (χ1v) is 9.57. The minimum atomic E-state index is -0.338. The summed E-state index contributed by atoms with van der Waals surface area (Å²) in [5.74, 6) is 0.0323. The Morgan fingerprint density at radius 2 is 2.04 bits per heavy atom. The highest BCUT2D eigenvalue weighted by Gasteiger charge is 2.18. The molecule has 0 aliphatic carbocycles. The van der Waals surface area contributed by atoms with E-state index in [4.69, 9.17) is 0 Å². The van der Waals surface area contributed by atoms with Gasteiger partial charge in [-0.2, -0.15) is 4.98 Å². The van der Waals surface area contributed by atoms with E-state index in [1.807, 2.05) is 13.8 Å². The molecule has 6 heteroatoms. The lowest BCUT2D eigenvalue weighted by molar-refractivity contribution is -0.121. The van der Waals surface area contributed by atoms with E-state index in [0.29, 0.717) is 18.5 Å². The summed E-state index contributed by atoms with van der Waals surface area (Å²) in [6.07, 6.45) is 2.04. The van der Waals surface area contributed by atoms with Gasteiger partial charge in [0.2, 0.25) is 5.91 Å². The van der Waals surface area contributed by atoms with Crippen molar-refractivity contribution in [2.75, 3.05) is 13.1 Å². The van der Waals surface area contributed by atoms with Crippen LogP contribution in [0, 0.1) is 13.8 Å². The lowest BCUT2D eigenvalue weighted by atomic mass is 9.99. The summed E-state index contributed by atoms with van der Waals surface area (Å²) in [7, 11) is 0. The van der Waals surface area contributed by atoms with E-state index in [-0.39, 0.29) is 17.6 Å². The van der Waals surface area contributed by atoms with Gasteiger partial charge in [-0.1, -0.05) is 24.3 Å². The molecule has 0 radical (unpaired) electrons. The minimum Gasteiger partial charge on any atom is -0.352 e. The van der Waals surface area contributed by atoms with Crippen molar-refractivity contribution < 1.29 is 4.79 Å². The van der Waals surface area contributed by atoms with Crippen LogP contribution in [0.3, 0.4) is 0 Å². The van der Waals surface area contributed by atoms with Crippen LogP contribution in [0.15, 0.2) is 29.1 Å². The first-order chi connectivity index (χ1) is 12.9. The van der Waals surface area contributed by atoms with Crippen LogP contribution >= 0.6 is 0 Å². The molecule has 1 aliphatic heterocycles. The van der Waals surface area contributed by atoms with Crippen LogP contribution in [0.25, 0.3) is 0 Å². The number of nitrogens with zero attached hydrogens (tertiary/aromatic N) is 2. The molecule has 1 aliphatic rings. The van der Waals surface area contributed by atoms with Gasteiger partial charge in [0.05, 0.1) is 0 Å². The van der Waals surface area contributed by atoms with Gasteiger partial charge in [-0.25, -0.2) is 4.79 Å². The number of hydrogen-bond acceptors (Lipinski definition) is 4. The number of benzene rings is 1. The Kier molecular flexibility index (Phi) is 6.06. The van der Waals surface area contributed by atoms with Crippen LogP contribution < -0.4 is 11.0 Å². The number of carbonyl (C=O) groups is 1. The van der Waals surface area contributed by atoms with Crippen LogP contribution in [0.4, 0.5) is 0 Å². The average Bonchev–Trinajstić information content (AvgIpc) is 2.60. The fourth-order valence-corrected chi connectivity index (χ4v) is 3.85. The molecule has 0 spiro atoms. The third-order valence-corrected chi connectivity index (χ3v) is 5.20. The summed E-state index contributed by atoms with van der Waals surface area (Å²) >= 11 is 0. The third kappa shape index (κ3) is 5.04. The molecule has 0 fully saturated rings. The zero-order valence-electron chi connectivity index (χ0n) is 16.3. The molecule has 2 N–H and O–H groups in total. The van der Waals surface area contributed by atoms with E-state index in [1.54, 1.807) is 0 Å². The summed E-state index contributed by atoms with van der Waals surface area (Å²) in [6.45, 7) is 8.53. The monoisotopic (exact) mass is 368 g/mol. The Hall–Kier alpha value is -2.47. The molecule has 6 nitrogen and oxygen atoms in total. The molecular formula is C21H28N4O2. The summed E-state index contributed by atoms with van der Waals surface area (Å²) in [5, 5.41) is 3.10. The number of H-pyrrole nitrogens is 1. The molecule has 3 rings (SSSR count). The SMILES string of the molecule is Cc1nc(=O)[nH]c(C)c1CCC(=O)NC(C)CN1CCc2ccccc2C1. The quantitative estimate of drug-likeness (QED) is 0.816. The van der Waals surface area contributed by atoms with Gasteiger partial charge in [-0.15, -0.1) is 0 Å². The summed E-state index contributed by atoms with van der Waals surface area (Å²) < 4.78 is 0. The lowest BCUT2D eigenvalue weighted by Crippen LogP contribution is -2.43. The zero-order valence-corrected chi connectivity index (χ0v) is 16.3. The molecule has 1 unspecified atom stereocenters. The maximum atomic E-state index is 12.3. The number of carbonyl (C=O) groups excluding carboxylic acids is 1. The molecule has 1 atom stereocenters. The molecule has 27 heavy (non-hydrogen) atoms. The van der Waals surface area contributed by atoms with Crippen LogP contribution in [0.1, 0.15) is 41.4 Å². The van der Waals surface area contributed by atoms with Gasteiger partial charge in [0.1, 0.15) is 0 Å². The van der Waals surface area contributed by atoms with Gasteiger partial charge >= 0.3 is 5.69 Å². The average molecular weight is 368 g/mol. The topological polar surface area (TPSA) is 78.1 Å². The van der Waals surface area contributed by atoms with E-state index < -0.39 is 0 Å². The Morgan fingerprint density at radius 1 is 1.30 bits per heavy atom. The van der Waals surface area contributed by atoms with Gasteiger partial charge in [0, 0.05) is 43.5 Å². The highest BCUT2D eigenvalue weighted by atomic mass is 16.1. The second-order valence-corrected chi connectivity index (χ2v) is 7.45. The van der Waals surface area contributed by atoms with Crippen LogP contribution in [0.2, 0.25) is 0 Å². The Morgan fingerprint density at radius 3 is 2.78 bits per heavy atom. The second-order valence-electron chi connectivity index (χ2n) is 7.45. The molecule has 0 saturated carbocycles. The van der Waals surface area contributed by atoms with E-state index >= 15 is 0 Å². The van der Waals surface area contributed by atoms with Gasteiger partial charge in [-0.05, 0) is 50.3 Å². The summed E-state index contributed by atoms with van der Waals surface area (Å²) in [6, 6.07) is 8.67. The Balaban J connectivity index is 1.48. The van der Waals surface area contributed by atoms with Crippen LogP contribution in [-0.2, 0) is 24.2 Å². The minimum absolute atomic E-state index is 0.0323. The van der Waals surface area contributed by atoms with Gasteiger partial charge in [-0.3, -0.25) is 9.69 Å². The maximum absolute atomic E-state index is 12.3. The predicted molar refractivity (Wildman–Crippen MR) is 106 cm³/mol. The lowest BCUT2D eigenvalue weighted by Gasteiger charge is -2.31. The van der Waals surface area contributed by atoms with E-state index in [9.17, 15) is 9.59 Å². The third-order valence-electron chi connectivity index (χ3n) is 5.20. The summed E-state index contributed by atoms with van der Waals surface area (Å²) in [5.41, 5.74) is 4.92.